The first kappa shape index (κ1) is 18.9. The Hall–Kier alpha value is -3.42. The lowest BCUT2D eigenvalue weighted by Crippen LogP contribution is -2.28. The molecule has 1 aliphatic rings. The van der Waals surface area contributed by atoms with Crippen LogP contribution in [0.3, 0.4) is 0 Å². The van der Waals surface area contributed by atoms with Gasteiger partial charge < -0.3 is 5.73 Å². The summed E-state index contributed by atoms with van der Waals surface area (Å²) in [6, 6.07) is 19.0. The zero-order valence-electron chi connectivity index (χ0n) is 17.0. The number of hydrogen-bond donors (Lipinski definition) is 1. The topological polar surface area (TPSA) is 65.9 Å². The lowest BCUT2D eigenvalue weighted by molar-refractivity contribution is 0.358. The molecule has 4 rings (SSSR count). The molecule has 0 amide bonds. The van der Waals surface area contributed by atoms with Crippen molar-refractivity contribution in [2.45, 2.75) is 20.4 Å². The van der Waals surface area contributed by atoms with Crippen LogP contribution in [0, 0.1) is 25.2 Å². The minimum absolute atomic E-state index is 0.293. The number of nitrogens with zero attached hydrogens (tertiary/aromatic N) is 3. The Balaban J connectivity index is 1.95. The quantitative estimate of drug-likeness (QED) is 0.693. The maximum Gasteiger partial charge on any atom is 0.142 e. The summed E-state index contributed by atoms with van der Waals surface area (Å²) < 4.78 is 0. The van der Waals surface area contributed by atoms with Gasteiger partial charge in [0.15, 0.2) is 0 Å². The second-order valence-corrected chi connectivity index (χ2v) is 7.80. The highest BCUT2D eigenvalue weighted by atomic mass is 15.1. The van der Waals surface area contributed by atoms with Gasteiger partial charge in [-0.3, -0.25) is 4.90 Å². The summed E-state index contributed by atoms with van der Waals surface area (Å²) in [4.78, 5) is 6.93. The highest BCUT2D eigenvalue weighted by Gasteiger charge is 2.26. The van der Waals surface area contributed by atoms with Crippen LogP contribution in [0.1, 0.15) is 33.5 Å². The molecule has 144 valence electrons. The van der Waals surface area contributed by atoms with Crippen molar-refractivity contribution >= 4 is 17.5 Å². The zero-order valence-corrected chi connectivity index (χ0v) is 17.0. The molecule has 2 N–H and O–H groups in total. The van der Waals surface area contributed by atoms with Gasteiger partial charge in [-0.15, -0.1) is 0 Å². The molecule has 29 heavy (non-hydrogen) atoms. The van der Waals surface area contributed by atoms with Crippen LogP contribution in [0.5, 0.6) is 0 Å². The average molecular weight is 380 g/mol. The number of fused-ring (bicyclic) bond motifs is 1. The molecule has 0 spiro atoms. The molecule has 4 heteroatoms. The molecule has 2 aromatic carbocycles. The predicted octanol–water partition coefficient (Wildman–Crippen LogP) is 4.81. The smallest absolute Gasteiger partial charge is 0.142 e. The maximum atomic E-state index is 9.81. The Morgan fingerprint density at radius 1 is 1.00 bits per heavy atom. The van der Waals surface area contributed by atoms with Crippen LogP contribution < -0.4 is 5.73 Å². The van der Waals surface area contributed by atoms with E-state index < -0.39 is 0 Å². The van der Waals surface area contributed by atoms with E-state index in [1.165, 1.54) is 11.1 Å². The molecule has 0 saturated carbocycles. The molecular weight excluding hydrogens is 356 g/mol. The van der Waals surface area contributed by atoms with Gasteiger partial charge in [-0.05, 0) is 43.7 Å². The highest BCUT2D eigenvalue weighted by Crippen LogP contribution is 2.38. The second kappa shape index (κ2) is 7.54. The van der Waals surface area contributed by atoms with Gasteiger partial charge in [-0.25, -0.2) is 4.98 Å². The van der Waals surface area contributed by atoms with Crippen LogP contribution in [0.2, 0.25) is 0 Å². The van der Waals surface area contributed by atoms with Gasteiger partial charge in [-0.1, -0.05) is 59.7 Å². The number of aryl methyl sites for hydroxylation is 2. The fraction of sp³-hybridized carbons (Fsp3) is 0.200. The van der Waals surface area contributed by atoms with Gasteiger partial charge in [0.25, 0.3) is 0 Å². The Bertz CT molecular complexity index is 1130. The van der Waals surface area contributed by atoms with Crippen molar-refractivity contribution in [1.82, 2.24) is 9.88 Å². The predicted molar refractivity (Wildman–Crippen MR) is 119 cm³/mol. The van der Waals surface area contributed by atoms with Gasteiger partial charge in [0.2, 0.25) is 0 Å². The summed E-state index contributed by atoms with van der Waals surface area (Å²) in [5.41, 5.74) is 15.2. The number of nitrogens with two attached hydrogens (primary N) is 1. The van der Waals surface area contributed by atoms with Crippen molar-refractivity contribution in [3.63, 3.8) is 0 Å². The SMILES string of the molecule is Cc1ccc(/C=C2/CN(C)Cc3c2nc(N)c(C#N)c3-c2ccc(C)cc2)cc1. The Morgan fingerprint density at radius 3 is 2.24 bits per heavy atom. The van der Waals surface area contributed by atoms with Crippen LogP contribution >= 0.6 is 0 Å². The normalized spacial score (nSPS) is 15.2. The van der Waals surface area contributed by atoms with E-state index in [0.29, 0.717) is 11.4 Å². The number of pyridine rings is 1. The second-order valence-electron chi connectivity index (χ2n) is 7.80. The van der Waals surface area contributed by atoms with Gasteiger partial charge in [0, 0.05) is 24.2 Å². The van der Waals surface area contributed by atoms with E-state index in [4.69, 9.17) is 5.73 Å². The third-order valence-electron chi connectivity index (χ3n) is 5.37. The van der Waals surface area contributed by atoms with Gasteiger partial charge >= 0.3 is 0 Å². The van der Waals surface area contributed by atoms with Gasteiger partial charge in [0.1, 0.15) is 17.5 Å². The monoisotopic (exact) mass is 380 g/mol. The largest absolute Gasteiger partial charge is 0.383 e. The molecule has 3 aromatic rings. The molecule has 0 atom stereocenters. The van der Waals surface area contributed by atoms with Crippen molar-refractivity contribution in [2.24, 2.45) is 0 Å². The molecule has 0 bridgehead atoms. The van der Waals surface area contributed by atoms with E-state index in [-0.39, 0.29) is 0 Å². The molecular formula is C25H24N4. The number of likely N-dealkylation sites (N-methyl/N-ethyl adjacent to an activating group) is 1. The number of hydrogen-bond acceptors (Lipinski definition) is 4. The number of aromatic nitrogens is 1. The third-order valence-corrected chi connectivity index (χ3v) is 5.37. The van der Waals surface area contributed by atoms with Crippen LogP contribution in [-0.4, -0.2) is 23.5 Å². The maximum absolute atomic E-state index is 9.81. The average Bonchev–Trinajstić information content (AvgIpc) is 2.70. The summed E-state index contributed by atoms with van der Waals surface area (Å²) in [6.45, 7) is 5.65. The van der Waals surface area contributed by atoms with E-state index in [1.807, 2.05) is 0 Å². The minimum Gasteiger partial charge on any atom is -0.383 e. The zero-order chi connectivity index (χ0) is 20.5. The van der Waals surface area contributed by atoms with Crippen LogP contribution in [0.25, 0.3) is 22.8 Å². The first-order valence-electron chi connectivity index (χ1n) is 9.72. The van der Waals surface area contributed by atoms with E-state index in [9.17, 15) is 5.26 Å². The van der Waals surface area contributed by atoms with E-state index in [2.05, 4.69) is 91.5 Å². The van der Waals surface area contributed by atoms with Crippen molar-refractivity contribution in [3.8, 4) is 17.2 Å². The molecule has 1 aliphatic heterocycles. The number of benzene rings is 2. The summed E-state index contributed by atoms with van der Waals surface area (Å²) in [5.74, 6) is 0.293. The minimum atomic E-state index is 0.293. The summed E-state index contributed by atoms with van der Waals surface area (Å²) in [7, 11) is 2.09. The number of anilines is 1. The fourth-order valence-electron chi connectivity index (χ4n) is 3.88. The van der Waals surface area contributed by atoms with E-state index in [0.717, 1.165) is 46.6 Å². The lowest BCUT2D eigenvalue weighted by atomic mass is 9.88. The van der Waals surface area contributed by atoms with Gasteiger partial charge in [-0.2, -0.15) is 5.26 Å². The van der Waals surface area contributed by atoms with Crippen LogP contribution in [0.15, 0.2) is 48.5 Å². The van der Waals surface area contributed by atoms with E-state index in [1.54, 1.807) is 0 Å². The molecule has 1 aromatic heterocycles. The van der Waals surface area contributed by atoms with E-state index >= 15 is 0 Å². The number of nitrogen functional groups attached to an aromatic ring is 1. The summed E-state index contributed by atoms with van der Waals surface area (Å²) in [5, 5.41) is 9.81. The van der Waals surface area contributed by atoms with Crippen molar-refractivity contribution < 1.29 is 0 Å². The Kier molecular flexibility index (Phi) is 4.92. The number of rotatable bonds is 2. The molecule has 4 nitrogen and oxygen atoms in total. The Labute approximate surface area is 171 Å². The summed E-state index contributed by atoms with van der Waals surface area (Å²) >= 11 is 0. The lowest BCUT2D eigenvalue weighted by Gasteiger charge is -2.29. The highest BCUT2D eigenvalue weighted by molar-refractivity contribution is 5.89. The molecule has 0 fully saturated rings. The molecule has 0 saturated heterocycles. The van der Waals surface area contributed by atoms with Crippen molar-refractivity contribution in [1.29, 1.82) is 5.26 Å². The molecule has 0 radical (unpaired) electrons. The summed E-state index contributed by atoms with van der Waals surface area (Å²) in [6.07, 6.45) is 2.17. The van der Waals surface area contributed by atoms with Crippen molar-refractivity contribution in [3.05, 3.63) is 82.0 Å². The first-order chi connectivity index (χ1) is 14.0. The first-order valence-corrected chi connectivity index (χ1v) is 9.72. The molecule has 0 unspecified atom stereocenters. The van der Waals surface area contributed by atoms with Crippen LogP contribution in [-0.2, 0) is 6.54 Å². The third kappa shape index (κ3) is 3.65. The van der Waals surface area contributed by atoms with Crippen LogP contribution in [0.4, 0.5) is 5.82 Å². The fourth-order valence-corrected chi connectivity index (χ4v) is 3.88. The molecule has 0 aliphatic carbocycles. The molecule has 2 heterocycles. The van der Waals surface area contributed by atoms with Crippen molar-refractivity contribution in [2.75, 3.05) is 19.3 Å². The Morgan fingerprint density at radius 2 is 1.62 bits per heavy atom. The van der Waals surface area contributed by atoms with Gasteiger partial charge in [0.05, 0.1) is 5.69 Å². The standard InChI is InChI=1S/C25H24N4/c1-16-4-8-18(9-5-16)12-20-14-29(3)15-22-23(19-10-6-17(2)7-11-19)21(13-26)25(27)28-24(20)22/h4-12H,14-15H2,1-3H3,(H2,27,28)/b20-12-. The number of nitriles is 1.